The van der Waals surface area contributed by atoms with E-state index in [-0.39, 0.29) is 5.91 Å². The molecule has 0 spiro atoms. The summed E-state index contributed by atoms with van der Waals surface area (Å²) in [5.74, 6) is 1.16. The maximum atomic E-state index is 12.3. The van der Waals surface area contributed by atoms with Gasteiger partial charge in [0.15, 0.2) is 5.82 Å². The minimum Gasteiger partial charge on any atom is -0.338 e. The summed E-state index contributed by atoms with van der Waals surface area (Å²) in [5, 5.41) is 13.9. The van der Waals surface area contributed by atoms with Crippen LogP contribution in [0.15, 0.2) is 18.3 Å². The number of amides is 1. The zero-order valence-electron chi connectivity index (χ0n) is 11.3. The number of H-pyrrole nitrogens is 1. The van der Waals surface area contributed by atoms with Crippen molar-refractivity contribution in [1.29, 1.82) is 0 Å². The van der Waals surface area contributed by atoms with Crippen LogP contribution in [-0.2, 0) is 6.42 Å². The Labute approximate surface area is 116 Å². The van der Waals surface area contributed by atoms with Crippen molar-refractivity contribution in [2.45, 2.75) is 19.8 Å². The molecule has 0 saturated carbocycles. The first-order valence-electron chi connectivity index (χ1n) is 6.66. The third-order valence-corrected chi connectivity index (χ3v) is 3.59. The van der Waals surface area contributed by atoms with Crippen LogP contribution in [0.25, 0.3) is 0 Å². The summed E-state index contributed by atoms with van der Waals surface area (Å²) in [6.07, 6.45) is 3.37. The minimum atomic E-state index is 0.0492. The van der Waals surface area contributed by atoms with Gasteiger partial charge in [-0.05, 0) is 31.4 Å². The topological polar surface area (TPSA) is 87.7 Å². The first-order valence-corrected chi connectivity index (χ1v) is 6.66. The van der Waals surface area contributed by atoms with Gasteiger partial charge in [0, 0.05) is 31.4 Å². The van der Waals surface area contributed by atoms with Gasteiger partial charge in [-0.3, -0.25) is 9.78 Å². The molecule has 1 atom stereocenters. The average molecular weight is 272 g/mol. The molecule has 1 N–H and O–H groups in total. The lowest BCUT2D eigenvalue weighted by Gasteiger charge is -2.16. The van der Waals surface area contributed by atoms with Gasteiger partial charge in [-0.1, -0.05) is 5.21 Å². The number of carbonyl (C=O) groups excluding carboxylic acids is 1. The highest BCUT2D eigenvalue weighted by Crippen LogP contribution is 2.21. The molecule has 20 heavy (non-hydrogen) atoms. The van der Waals surface area contributed by atoms with E-state index in [2.05, 4.69) is 25.6 Å². The Morgan fingerprint density at radius 2 is 2.40 bits per heavy atom. The number of carbonyl (C=O) groups is 1. The number of pyridine rings is 1. The fourth-order valence-electron chi connectivity index (χ4n) is 2.49. The number of likely N-dealkylation sites (tertiary alicyclic amines) is 1. The Balaban J connectivity index is 1.62. The number of aromatic nitrogens is 5. The molecule has 7 nitrogen and oxygen atoms in total. The van der Waals surface area contributed by atoms with Gasteiger partial charge in [0.1, 0.15) is 0 Å². The summed E-state index contributed by atoms with van der Waals surface area (Å²) < 4.78 is 0. The maximum Gasteiger partial charge on any atom is 0.255 e. The fourth-order valence-corrected chi connectivity index (χ4v) is 2.49. The number of aromatic amines is 1. The van der Waals surface area contributed by atoms with Crippen LogP contribution in [0.3, 0.4) is 0 Å². The van der Waals surface area contributed by atoms with Gasteiger partial charge in [0.05, 0.1) is 5.56 Å². The van der Waals surface area contributed by atoms with Crippen molar-refractivity contribution < 1.29 is 4.79 Å². The number of aryl methyl sites for hydroxylation is 1. The average Bonchev–Trinajstić information content (AvgIpc) is 3.11. The predicted octanol–water partition coefficient (Wildman–Crippen LogP) is 0.608. The van der Waals surface area contributed by atoms with E-state index in [0.29, 0.717) is 17.3 Å². The van der Waals surface area contributed by atoms with Gasteiger partial charge in [0.25, 0.3) is 5.91 Å². The highest BCUT2D eigenvalue weighted by atomic mass is 16.2. The second kappa shape index (κ2) is 5.36. The first-order chi connectivity index (χ1) is 9.72. The van der Waals surface area contributed by atoms with Crippen LogP contribution in [0, 0.1) is 12.8 Å². The third kappa shape index (κ3) is 2.66. The van der Waals surface area contributed by atoms with E-state index in [0.717, 1.165) is 31.6 Å². The third-order valence-electron chi connectivity index (χ3n) is 3.59. The standard InChI is InChI=1S/C13H16N6O/c1-9-2-3-11(7-14-9)13(20)19-5-4-10(8-19)6-12-15-17-18-16-12/h2-3,7,10H,4-6,8H2,1H3,(H,15,16,17,18). The lowest BCUT2D eigenvalue weighted by molar-refractivity contribution is 0.0786. The molecule has 1 saturated heterocycles. The Morgan fingerprint density at radius 1 is 1.50 bits per heavy atom. The number of nitrogens with zero attached hydrogens (tertiary/aromatic N) is 5. The monoisotopic (exact) mass is 272 g/mol. The predicted molar refractivity (Wildman–Crippen MR) is 70.9 cm³/mol. The highest BCUT2D eigenvalue weighted by molar-refractivity contribution is 5.94. The van der Waals surface area contributed by atoms with E-state index in [1.807, 2.05) is 24.0 Å². The molecule has 0 aromatic carbocycles. The van der Waals surface area contributed by atoms with Crippen molar-refractivity contribution in [1.82, 2.24) is 30.5 Å². The summed E-state index contributed by atoms with van der Waals surface area (Å²) in [6, 6.07) is 3.69. The van der Waals surface area contributed by atoms with E-state index in [4.69, 9.17) is 0 Å². The van der Waals surface area contributed by atoms with Crippen molar-refractivity contribution in [2.24, 2.45) is 5.92 Å². The summed E-state index contributed by atoms with van der Waals surface area (Å²) in [5.41, 5.74) is 1.56. The molecule has 104 valence electrons. The molecule has 1 amide bonds. The van der Waals surface area contributed by atoms with Crippen molar-refractivity contribution in [2.75, 3.05) is 13.1 Å². The van der Waals surface area contributed by atoms with Crippen LogP contribution in [0.5, 0.6) is 0 Å². The summed E-state index contributed by atoms with van der Waals surface area (Å²) >= 11 is 0. The van der Waals surface area contributed by atoms with E-state index in [1.54, 1.807) is 6.20 Å². The van der Waals surface area contributed by atoms with Gasteiger partial charge in [-0.25, -0.2) is 0 Å². The number of nitrogens with one attached hydrogen (secondary N) is 1. The zero-order valence-corrected chi connectivity index (χ0v) is 11.3. The zero-order chi connectivity index (χ0) is 13.9. The molecule has 0 aliphatic carbocycles. The largest absolute Gasteiger partial charge is 0.338 e. The van der Waals surface area contributed by atoms with Gasteiger partial charge in [-0.15, -0.1) is 10.2 Å². The first kappa shape index (κ1) is 12.7. The van der Waals surface area contributed by atoms with Crippen molar-refractivity contribution >= 4 is 5.91 Å². The molecule has 2 aromatic heterocycles. The summed E-state index contributed by atoms with van der Waals surface area (Å²) in [4.78, 5) is 18.4. The summed E-state index contributed by atoms with van der Waals surface area (Å²) in [7, 11) is 0. The maximum absolute atomic E-state index is 12.3. The lowest BCUT2D eigenvalue weighted by atomic mass is 10.1. The lowest BCUT2D eigenvalue weighted by Crippen LogP contribution is -2.29. The quantitative estimate of drug-likeness (QED) is 0.884. The van der Waals surface area contributed by atoms with Crippen LogP contribution in [-0.4, -0.2) is 49.5 Å². The van der Waals surface area contributed by atoms with E-state index in [9.17, 15) is 4.79 Å². The summed E-state index contributed by atoms with van der Waals surface area (Å²) in [6.45, 7) is 3.42. The van der Waals surface area contributed by atoms with Gasteiger partial charge >= 0.3 is 0 Å². The molecule has 1 aliphatic heterocycles. The van der Waals surface area contributed by atoms with E-state index in [1.165, 1.54) is 0 Å². The van der Waals surface area contributed by atoms with Crippen molar-refractivity contribution in [3.8, 4) is 0 Å². The molecule has 7 heteroatoms. The molecule has 2 aromatic rings. The van der Waals surface area contributed by atoms with Crippen molar-refractivity contribution in [3.63, 3.8) is 0 Å². The Hall–Kier alpha value is -2.31. The van der Waals surface area contributed by atoms with Gasteiger partial charge in [-0.2, -0.15) is 5.21 Å². The van der Waals surface area contributed by atoms with Gasteiger partial charge in [0.2, 0.25) is 0 Å². The number of hydrogen-bond acceptors (Lipinski definition) is 5. The van der Waals surface area contributed by atoms with E-state index < -0.39 is 0 Å². The fraction of sp³-hybridized carbons (Fsp3) is 0.462. The molecule has 1 unspecified atom stereocenters. The number of hydrogen-bond donors (Lipinski definition) is 1. The molecule has 0 radical (unpaired) electrons. The Kier molecular flexibility index (Phi) is 3.41. The molecule has 3 heterocycles. The second-order valence-electron chi connectivity index (χ2n) is 5.13. The van der Waals surface area contributed by atoms with E-state index >= 15 is 0 Å². The SMILES string of the molecule is Cc1ccc(C(=O)N2CCC(Cc3nn[nH]n3)C2)cn1. The molecular weight excluding hydrogens is 256 g/mol. The smallest absolute Gasteiger partial charge is 0.255 e. The normalized spacial score (nSPS) is 18.4. The second-order valence-corrected chi connectivity index (χ2v) is 5.13. The van der Waals surface area contributed by atoms with Crippen LogP contribution >= 0.6 is 0 Å². The van der Waals surface area contributed by atoms with Gasteiger partial charge < -0.3 is 4.90 Å². The number of rotatable bonds is 3. The van der Waals surface area contributed by atoms with Crippen LogP contribution in [0.1, 0.15) is 28.3 Å². The number of tetrazole rings is 1. The van der Waals surface area contributed by atoms with Crippen LogP contribution in [0.2, 0.25) is 0 Å². The molecule has 1 aliphatic rings. The molecule has 3 rings (SSSR count). The van der Waals surface area contributed by atoms with Crippen LogP contribution in [0.4, 0.5) is 0 Å². The molecule has 1 fully saturated rings. The minimum absolute atomic E-state index is 0.0492. The van der Waals surface area contributed by atoms with Crippen LogP contribution < -0.4 is 0 Å². The Bertz CT molecular complexity index is 579. The Morgan fingerprint density at radius 3 is 3.10 bits per heavy atom. The highest BCUT2D eigenvalue weighted by Gasteiger charge is 2.28. The molecular formula is C13H16N6O. The molecule has 0 bridgehead atoms. The van der Waals surface area contributed by atoms with Crippen molar-refractivity contribution in [3.05, 3.63) is 35.4 Å².